The number of thiophene rings is 1. The maximum atomic E-state index is 13.1. The van der Waals surface area contributed by atoms with Gasteiger partial charge in [-0.25, -0.2) is 4.98 Å². The van der Waals surface area contributed by atoms with Crippen LogP contribution >= 0.6 is 11.3 Å². The van der Waals surface area contributed by atoms with Crippen LogP contribution in [0.1, 0.15) is 35.5 Å². The predicted molar refractivity (Wildman–Crippen MR) is 144 cm³/mol. The summed E-state index contributed by atoms with van der Waals surface area (Å²) in [7, 11) is 1.60. The summed E-state index contributed by atoms with van der Waals surface area (Å²) in [6, 6.07) is 5.70. The van der Waals surface area contributed by atoms with Crippen LogP contribution in [0.5, 0.6) is 0 Å². The number of carbonyl (C=O) groups is 3. The van der Waals surface area contributed by atoms with E-state index in [1.165, 1.54) is 11.3 Å². The predicted octanol–water partition coefficient (Wildman–Crippen LogP) is 1.89. The van der Waals surface area contributed by atoms with Crippen molar-refractivity contribution in [1.82, 2.24) is 35.0 Å². The van der Waals surface area contributed by atoms with Crippen molar-refractivity contribution in [2.45, 2.75) is 20.3 Å². The number of piperazine rings is 1. The van der Waals surface area contributed by atoms with E-state index in [2.05, 4.69) is 39.8 Å². The Morgan fingerprint density at radius 3 is 2.62 bits per heavy atom. The Labute approximate surface area is 219 Å². The molecule has 0 unspecified atom stereocenters. The van der Waals surface area contributed by atoms with E-state index in [0.717, 1.165) is 56.4 Å². The van der Waals surface area contributed by atoms with Gasteiger partial charge in [0.1, 0.15) is 11.5 Å². The number of hydrogen-bond acceptors (Lipinski definition) is 9. The second-order valence-corrected chi connectivity index (χ2v) is 9.66. The fraction of sp³-hybridized carbons (Fsp3) is 0.400. The summed E-state index contributed by atoms with van der Waals surface area (Å²) in [4.78, 5) is 46.7. The van der Waals surface area contributed by atoms with Gasteiger partial charge in [0.15, 0.2) is 5.65 Å². The number of imide groups is 1. The lowest BCUT2D eigenvalue weighted by molar-refractivity contribution is -0.122. The average molecular weight is 525 g/mol. The molecule has 0 radical (unpaired) electrons. The van der Waals surface area contributed by atoms with Gasteiger partial charge in [-0.2, -0.15) is 9.61 Å². The Bertz CT molecular complexity index is 1310. The molecule has 3 N–H and O–H groups in total. The van der Waals surface area contributed by atoms with E-state index in [1.807, 2.05) is 23.1 Å². The summed E-state index contributed by atoms with van der Waals surface area (Å²) in [6.07, 6.45) is 4.48. The third-order valence-electron chi connectivity index (χ3n) is 6.23. The van der Waals surface area contributed by atoms with E-state index in [-0.39, 0.29) is 11.6 Å². The van der Waals surface area contributed by atoms with Crippen LogP contribution in [-0.4, -0.2) is 88.9 Å². The highest BCUT2D eigenvalue weighted by Crippen LogP contribution is 2.31. The van der Waals surface area contributed by atoms with E-state index in [0.29, 0.717) is 28.2 Å². The van der Waals surface area contributed by atoms with Crippen molar-refractivity contribution in [3.05, 3.63) is 40.5 Å². The van der Waals surface area contributed by atoms with Crippen molar-refractivity contribution in [3.8, 4) is 10.6 Å². The van der Waals surface area contributed by atoms with Gasteiger partial charge in [-0.1, -0.05) is 13.8 Å². The molecule has 1 fully saturated rings. The van der Waals surface area contributed by atoms with E-state index in [9.17, 15) is 14.4 Å². The fourth-order valence-electron chi connectivity index (χ4n) is 4.14. The zero-order valence-electron chi connectivity index (χ0n) is 21.3. The van der Waals surface area contributed by atoms with Gasteiger partial charge in [-0.05, 0) is 31.2 Å². The first-order valence-electron chi connectivity index (χ1n) is 12.4. The van der Waals surface area contributed by atoms with E-state index >= 15 is 0 Å². The number of carbonyl (C=O) groups excluding carboxylic acids is 3. The van der Waals surface area contributed by atoms with Gasteiger partial charge in [-0.3, -0.25) is 19.7 Å². The molecule has 0 spiro atoms. The van der Waals surface area contributed by atoms with Crippen LogP contribution in [0.25, 0.3) is 22.3 Å². The second kappa shape index (κ2) is 12.0. The highest BCUT2D eigenvalue weighted by atomic mass is 32.1. The Hall–Kier alpha value is -3.77. The minimum Gasteiger partial charge on any atom is -0.384 e. The Morgan fingerprint density at radius 1 is 1.16 bits per heavy atom. The van der Waals surface area contributed by atoms with E-state index < -0.39 is 5.91 Å². The molecule has 0 aromatic carbocycles. The summed E-state index contributed by atoms with van der Waals surface area (Å²) < 4.78 is 1.68. The van der Waals surface area contributed by atoms with Crippen molar-refractivity contribution in [2.75, 3.05) is 51.6 Å². The molecule has 1 saturated heterocycles. The van der Waals surface area contributed by atoms with Gasteiger partial charge in [0.2, 0.25) is 6.41 Å². The van der Waals surface area contributed by atoms with Crippen LogP contribution in [0, 0.1) is 0 Å². The van der Waals surface area contributed by atoms with Gasteiger partial charge in [0.25, 0.3) is 11.8 Å². The maximum Gasteiger partial charge on any atom is 0.273 e. The van der Waals surface area contributed by atoms with Gasteiger partial charge in [0, 0.05) is 51.4 Å². The number of nitrogens with one attached hydrogen (secondary N) is 3. The maximum absolute atomic E-state index is 13.1. The van der Waals surface area contributed by atoms with Gasteiger partial charge >= 0.3 is 0 Å². The number of nitrogens with zero attached hydrogens (tertiary/aromatic N) is 5. The highest BCUT2D eigenvalue weighted by Gasteiger charge is 2.23. The molecule has 3 aromatic rings. The molecule has 3 aromatic heterocycles. The lowest BCUT2D eigenvalue weighted by atomic mass is 10.2. The van der Waals surface area contributed by atoms with Crippen LogP contribution in [-0.2, 0) is 9.59 Å². The highest BCUT2D eigenvalue weighted by molar-refractivity contribution is 7.17. The zero-order valence-corrected chi connectivity index (χ0v) is 22.1. The number of fused-ring (bicyclic) bond motifs is 1. The van der Waals surface area contributed by atoms with Gasteiger partial charge in [0.05, 0.1) is 21.6 Å². The topological polar surface area (TPSA) is 124 Å². The summed E-state index contributed by atoms with van der Waals surface area (Å²) in [5, 5.41) is 12.8. The van der Waals surface area contributed by atoms with Crippen LogP contribution < -0.4 is 16.0 Å². The van der Waals surface area contributed by atoms with Gasteiger partial charge < -0.3 is 20.4 Å². The standard InChI is InChI=1S/C25H32N8O3S/c1-4-8-27-22-14-18(20-6-7-21(37-20)25(36)32-11-9-31(5-2)10-12-32)30-23-17(15-29-33(22)23)13-19(26-3)24(35)28-16-34/h6-7,13-16,26-27H,4-5,8-12H2,1-3H3,(H,28,34,35)/b19-13-. The zero-order chi connectivity index (χ0) is 26.4. The third kappa shape index (κ3) is 5.81. The second-order valence-electron chi connectivity index (χ2n) is 8.58. The van der Waals surface area contributed by atoms with Crippen LogP contribution in [0.2, 0.25) is 0 Å². The number of rotatable bonds is 10. The molecule has 4 rings (SSSR count). The molecule has 0 atom stereocenters. The lowest BCUT2D eigenvalue weighted by Crippen LogP contribution is -2.48. The number of aromatic nitrogens is 3. The molecule has 12 heteroatoms. The van der Waals surface area contributed by atoms with E-state index in [4.69, 9.17) is 4.98 Å². The SMILES string of the molecule is CCCNc1cc(-c2ccc(C(=O)N3CCN(CC)CC3)s2)nc2c(/C=C(\NC)C(=O)NC=O)cnn12. The number of hydrogen-bond donors (Lipinski definition) is 3. The summed E-state index contributed by atoms with van der Waals surface area (Å²) in [5.41, 5.74) is 2.04. The first-order valence-corrected chi connectivity index (χ1v) is 13.2. The Kier molecular flexibility index (Phi) is 8.51. The van der Waals surface area contributed by atoms with Gasteiger partial charge in [-0.15, -0.1) is 11.3 Å². The number of amides is 3. The van der Waals surface area contributed by atoms with Crippen molar-refractivity contribution >= 4 is 47.1 Å². The van der Waals surface area contributed by atoms with Crippen molar-refractivity contribution in [2.24, 2.45) is 0 Å². The molecule has 1 aliphatic heterocycles. The molecule has 0 saturated carbocycles. The monoisotopic (exact) mass is 524 g/mol. The summed E-state index contributed by atoms with van der Waals surface area (Å²) >= 11 is 1.42. The first-order chi connectivity index (χ1) is 18.0. The molecule has 3 amide bonds. The average Bonchev–Trinajstić information content (AvgIpc) is 3.58. The van der Waals surface area contributed by atoms with Crippen molar-refractivity contribution in [3.63, 3.8) is 0 Å². The van der Waals surface area contributed by atoms with E-state index in [1.54, 1.807) is 23.8 Å². The molecule has 196 valence electrons. The quantitative estimate of drug-likeness (QED) is 0.271. The molecule has 1 aliphatic rings. The molecular weight excluding hydrogens is 492 g/mol. The molecular formula is C25H32N8O3S. The lowest BCUT2D eigenvalue weighted by Gasteiger charge is -2.33. The Balaban J connectivity index is 1.68. The summed E-state index contributed by atoms with van der Waals surface area (Å²) in [5.74, 6) is 0.241. The minimum absolute atomic E-state index is 0.0465. The Morgan fingerprint density at radius 2 is 1.95 bits per heavy atom. The summed E-state index contributed by atoms with van der Waals surface area (Å²) in [6.45, 7) is 9.19. The molecule has 0 aliphatic carbocycles. The van der Waals surface area contributed by atoms with Crippen molar-refractivity contribution < 1.29 is 14.4 Å². The molecule has 11 nitrogen and oxygen atoms in total. The first kappa shape index (κ1) is 26.3. The number of anilines is 1. The smallest absolute Gasteiger partial charge is 0.273 e. The van der Waals surface area contributed by atoms with Crippen LogP contribution in [0.15, 0.2) is 30.1 Å². The van der Waals surface area contributed by atoms with Crippen LogP contribution in [0.4, 0.5) is 5.82 Å². The minimum atomic E-state index is -0.557. The molecule has 0 bridgehead atoms. The largest absolute Gasteiger partial charge is 0.384 e. The number of likely N-dealkylation sites (N-methyl/N-ethyl adjacent to an activating group) is 2. The third-order valence-corrected chi connectivity index (χ3v) is 7.33. The molecule has 4 heterocycles. The van der Waals surface area contributed by atoms with Crippen molar-refractivity contribution in [1.29, 1.82) is 0 Å². The normalized spacial score (nSPS) is 14.6. The van der Waals surface area contributed by atoms with Crippen LogP contribution in [0.3, 0.4) is 0 Å². The molecule has 37 heavy (non-hydrogen) atoms. The fourth-order valence-corrected chi connectivity index (χ4v) is 5.07.